The van der Waals surface area contributed by atoms with E-state index in [-0.39, 0.29) is 11.5 Å². The minimum absolute atomic E-state index is 0.165. The lowest BCUT2D eigenvalue weighted by molar-refractivity contribution is 0.0788. The summed E-state index contributed by atoms with van der Waals surface area (Å²) in [5.41, 5.74) is 1.06. The number of rotatable bonds is 4. The van der Waals surface area contributed by atoms with Crippen molar-refractivity contribution in [1.29, 1.82) is 0 Å². The Hall–Kier alpha value is -1.38. The summed E-state index contributed by atoms with van der Waals surface area (Å²) in [4.78, 5) is 13.5. The van der Waals surface area contributed by atoms with E-state index in [1.54, 1.807) is 24.1 Å². The molecule has 0 aliphatic carbocycles. The Morgan fingerprint density at radius 3 is 2.75 bits per heavy atom. The standard InChI is InChI=1S/C13H18FNO/c1-4-5-8-15(3)13(16)11-9-10(2)6-7-12(11)14/h6-7,9H,4-5,8H2,1-3H3. The van der Waals surface area contributed by atoms with Gasteiger partial charge < -0.3 is 4.90 Å². The van der Waals surface area contributed by atoms with E-state index in [2.05, 4.69) is 6.92 Å². The van der Waals surface area contributed by atoms with Crippen molar-refractivity contribution in [2.45, 2.75) is 26.7 Å². The molecule has 1 rings (SSSR count). The number of aryl methyl sites for hydroxylation is 1. The number of amides is 1. The van der Waals surface area contributed by atoms with E-state index < -0.39 is 5.82 Å². The first-order valence-corrected chi connectivity index (χ1v) is 5.58. The van der Waals surface area contributed by atoms with E-state index in [1.807, 2.05) is 6.92 Å². The molecule has 0 spiro atoms. The molecule has 2 nitrogen and oxygen atoms in total. The van der Waals surface area contributed by atoms with E-state index in [9.17, 15) is 9.18 Å². The Kier molecular flexibility index (Phi) is 4.47. The van der Waals surface area contributed by atoms with Gasteiger partial charge in [-0.15, -0.1) is 0 Å². The zero-order valence-electron chi connectivity index (χ0n) is 10.1. The van der Waals surface area contributed by atoms with Gasteiger partial charge in [-0.1, -0.05) is 25.0 Å². The van der Waals surface area contributed by atoms with Gasteiger partial charge in [-0.3, -0.25) is 4.79 Å². The molecule has 0 bridgehead atoms. The molecule has 0 radical (unpaired) electrons. The zero-order chi connectivity index (χ0) is 12.1. The van der Waals surface area contributed by atoms with Crippen LogP contribution in [0.1, 0.15) is 35.7 Å². The Morgan fingerprint density at radius 1 is 1.44 bits per heavy atom. The second-order valence-electron chi connectivity index (χ2n) is 4.06. The molecule has 88 valence electrons. The molecule has 1 aromatic rings. The van der Waals surface area contributed by atoms with E-state index in [4.69, 9.17) is 0 Å². The summed E-state index contributed by atoms with van der Waals surface area (Å²) >= 11 is 0. The molecule has 0 fully saturated rings. The predicted octanol–water partition coefficient (Wildman–Crippen LogP) is 3.01. The highest BCUT2D eigenvalue weighted by atomic mass is 19.1. The van der Waals surface area contributed by atoms with Crippen LogP contribution in [0.2, 0.25) is 0 Å². The maximum absolute atomic E-state index is 13.5. The van der Waals surface area contributed by atoms with E-state index in [0.717, 1.165) is 18.4 Å². The van der Waals surface area contributed by atoms with Crippen LogP contribution in [0, 0.1) is 12.7 Å². The summed E-state index contributed by atoms with van der Waals surface area (Å²) in [7, 11) is 1.71. The average molecular weight is 223 g/mol. The third-order valence-corrected chi connectivity index (χ3v) is 2.55. The van der Waals surface area contributed by atoms with Gasteiger partial charge in [0.1, 0.15) is 5.82 Å². The zero-order valence-corrected chi connectivity index (χ0v) is 10.1. The first-order valence-electron chi connectivity index (χ1n) is 5.58. The van der Waals surface area contributed by atoms with Gasteiger partial charge in [-0.25, -0.2) is 4.39 Å². The van der Waals surface area contributed by atoms with Crippen molar-refractivity contribution in [3.05, 3.63) is 35.1 Å². The van der Waals surface area contributed by atoms with Gasteiger partial charge in [0.2, 0.25) is 0 Å². The third-order valence-electron chi connectivity index (χ3n) is 2.55. The normalized spacial score (nSPS) is 10.2. The van der Waals surface area contributed by atoms with E-state index in [1.165, 1.54) is 6.07 Å². The fourth-order valence-corrected chi connectivity index (χ4v) is 1.51. The highest BCUT2D eigenvalue weighted by molar-refractivity contribution is 5.94. The SMILES string of the molecule is CCCCN(C)C(=O)c1cc(C)ccc1F. The number of benzene rings is 1. The van der Waals surface area contributed by atoms with Crippen molar-refractivity contribution < 1.29 is 9.18 Å². The van der Waals surface area contributed by atoms with Gasteiger partial charge in [0, 0.05) is 13.6 Å². The quantitative estimate of drug-likeness (QED) is 0.768. The lowest BCUT2D eigenvalue weighted by Crippen LogP contribution is -2.28. The minimum atomic E-state index is -0.445. The number of hydrogen-bond donors (Lipinski definition) is 0. The van der Waals surface area contributed by atoms with Gasteiger partial charge in [0.15, 0.2) is 0 Å². The topological polar surface area (TPSA) is 20.3 Å². The van der Waals surface area contributed by atoms with Crippen molar-refractivity contribution in [3.8, 4) is 0 Å². The van der Waals surface area contributed by atoms with Crippen LogP contribution in [0.4, 0.5) is 4.39 Å². The van der Waals surface area contributed by atoms with Crippen molar-refractivity contribution >= 4 is 5.91 Å². The Morgan fingerprint density at radius 2 is 2.12 bits per heavy atom. The lowest BCUT2D eigenvalue weighted by atomic mass is 10.1. The molecule has 0 aliphatic heterocycles. The first-order chi connectivity index (χ1) is 7.56. The van der Waals surface area contributed by atoms with Gasteiger partial charge in [-0.05, 0) is 25.5 Å². The first kappa shape index (κ1) is 12.7. The maximum atomic E-state index is 13.5. The largest absolute Gasteiger partial charge is 0.342 e. The molecular formula is C13H18FNO. The summed E-state index contributed by atoms with van der Waals surface area (Å²) in [6.45, 7) is 4.58. The minimum Gasteiger partial charge on any atom is -0.342 e. The summed E-state index contributed by atoms with van der Waals surface area (Å²) < 4.78 is 13.5. The van der Waals surface area contributed by atoms with Crippen LogP contribution in [0.25, 0.3) is 0 Å². The molecular weight excluding hydrogens is 205 g/mol. The molecule has 0 N–H and O–H groups in total. The highest BCUT2D eigenvalue weighted by Crippen LogP contribution is 2.12. The molecule has 1 aromatic carbocycles. The van der Waals surface area contributed by atoms with Gasteiger partial charge in [0.25, 0.3) is 5.91 Å². The summed E-state index contributed by atoms with van der Waals surface area (Å²) in [6, 6.07) is 4.61. The molecule has 0 unspecified atom stereocenters. The molecule has 1 amide bonds. The molecule has 16 heavy (non-hydrogen) atoms. The van der Waals surface area contributed by atoms with Crippen LogP contribution in [-0.2, 0) is 0 Å². The smallest absolute Gasteiger partial charge is 0.256 e. The molecule has 3 heteroatoms. The van der Waals surface area contributed by atoms with Crippen LogP contribution >= 0.6 is 0 Å². The van der Waals surface area contributed by atoms with Crippen molar-refractivity contribution in [1.82, 2.24) is 4.90 Å². The van der Waals surface area contributed by atoms with Crippen molar-refractivity contribution in [2.24, 2.45) is 0 Å². The summed E-state index contributed by atoms with van der Waals surface area (Å²) in [6.07, 6.45) is 1.96. The van der Waals surface area contributed by atoms with Gasteiger partial charge >= 0.3 is 0 Å². The van der Waals surface area contributed by atoms with Gasteiger partial charge in [-0.2, -0.15) is 0 Å². The number of hydrogen-bond acceptors (Lipinski definition) is 1. The number of nitrogens with zero attached hydrogens (tertiary/aromatic N) is 1. The molecule has 0 aromatic heterocycles. The van der Waals surface area contributed by atoms with Gasteiger partial charge in [0.05, 0.1) is 5.56 Å². The van der Waals surface area contributed by atoms with Crippen LogP contribution in [0.3, 0.4) is 0 Å². The fraction of sp³-hybridized carbons (Fsp3) is 0.462. The Labute approximate surface area is 96.1 Å². The maximum Gasteiger partial charge on any atom is 0.256 e. The number of halogens is 1. The number of carbonyl (C=O) groups excluding carboxylic acids is 1. The Balaban J connectivity index is 2.83. The molecule has 0 atom stereocenters. The number of unbranched alkanes of at least 4 members (excludes halogenated alkanes) is 1. The third kappa shape index (κ3) is 3.05. The summed E-state index contributed by atoms with van der Waals surface area (Å²) in [5, 5.41) is 0. The number of carbonyl (C=O) groups is 1. The average Bonchev–Trinajstić information content (AvgIpc) is 2.28. The monoisotopic (exact) mass is 223 g/mol. The van der Waals surface area contributed by atoms with Crippen LogP contribution < -0.4 is 0 Å². The second-order valence-corrected chi connectivity index (χ2v) is 4.06. The van der Waals surface area contributed by atoms with E-state index >= 15 is 0 Å². The van der Waals surface area contributed by atoms with Crippen molar-refractivity contribution in [3.63, 3.8) is 0 Å². The van der Waals surface area contributed by atoms with Crippen LogP contribution in [0.5, 0.6) is 0 Å². The molecule has 0 heterocycles. The lowest BCUT2D eigenvalue weighted by Gasteiger charge is -2.17. The summed E-state index contributed by atoms with van der Waals surface area (Å²) in [5.74, 6) is -0.686. The van der Waals surface area contributed by atoms with Crippen LogP contribution in [-0.4, -0.2) is 24.4 Å². The second kappa shape index (κ2) is 5.64. The molecule has 0 saturated heterocycles. The highest BCUT2D eigenvalue weighted by Gasteiger charge is 2.15. The molecule has 0 saturated carbocycles. The Bertz CT molecular complexity index is 376. The van der Waals surface area contributed by atoms with Crippen molar-refractivity contribution in [2.75, 3.05) is 13.6 Å². The van der Waals surface area contributed by atoms with Crippen LogP contribution in [0.15, 0.2) is 18.2 Å². The molecule has 0 aliphatic rings. The predicted molar refractivity (Wildman–Crippen MR) is 63.0 cm³/mol. The fourth-order valence-electron chi connectivity index (χ4n) is 1.51. The van der Waals surface area contributed by atoms with E-state index in [0.29, 0.717) is 6.54 Å².